The Morgan fingerprint density at radius 1 is 1.09 bits per heavy atom. The van der Waals surface area contributed by atoms with Crippen LogP contribution < -0.4 is 10.2 Å². The smallest absolute Gasteiger partial charge is 0.444 e. The normalized spacial score (nSPS) is 14.3. The number of hydrogen-bond donors (Lipinski definition) is 1. The van der Waals surface area contributed by atoms with Crippen LogP contribution in [0.3, 0.4) is 0 Å². The summed E-state index contributed by atoms with van der Waals surface area (Å²) in [7, 11) is 0. The lowest BCUT2D eigenvalue weighted by molar-refractivity contribution is -0.159. The number of hydrogen-bond acceptors (Lipinski definition) is 7. The highest BCUT2D eigenvalue weighted by atomic mass is 19.4. The van der Waals surface area contributed by atoms with Crippen LogP contribution >= 0.6 is 0 Å². The Bertz CT molecular complexity index is 1050. The third kappa shape index (κ3) is 5.34. The standard InChI is InChI=1S/C21H20F3N5O3/c22-21(23,24)19-27-18(28-32-19)15-5-7-16(8-6-15)26-20(30)31-13-14-4-9-17(25-12-14)29-10-2-1-3-11-29/h4-9,12H,1-3,10-11,13H2,(H,26,30). The number of benzene rings is 1. The zero-order valence-electron chi connectivity index (χ0n) is 16.9. The molecular formula is C21H20F3N5O3. The minimum absolute atomic E-state index is 0.0558. The number of piperidine rings is 1. The highest BCUT2D eigenvalue weighted by Crippen LogP contribution is 2.29. The van der Waals surface area contributed by atoms with Gasteiger partial charge in [0.15, 0.2) is 0 Å². The summed E-state index contributed by atoms with van der Waals surface area (Å²) in [5.41, 5.74) is 1.47. The molecule has 0 saturated carbocycles. The monoisotopic (exact) mass is 447 g/mol. The molecule has 1 aromatic carbocycles. The molecule has 2 aromatic heterocycles. The molecule has 1 fully saturated rings. The lowest BCUT2D eigenvalue weighted by Gasteiger charge is -2.27. The van der Waals surface area contributed by atoms with Crippen LogP contribution in [0.4, 0.5) is 29.5 Å². The molecule has 1 amide bonds. The molecule has 11 heteroatoms. The van der Waals surface area contributed by atoms with Crippen molar-refractivity contribution in [3.63, 3.8) is 0 Å². The van der Waals surface area contributed by atoms with Gasteiger partial charge in [0, 0.05) is 36.1 Å². The largest absolute Gasteiger partial charge is 0.471 e. The number of rotatable bonds is 5. The topological polar surface area (TPSA) is 93.4 Å². The number of alkyl halides is 3. The van der Waals surface area contributed by atoms with Gasteiger partial charge in [0.2, 0.25) is 5.82 Å². The van der Waals surface area contributed by atoms with Gasteiger partial charge >= 0.3 is 18.2 Å². The van der Waals surface area contributed by atoms with Gasteiger partial charge in [-0.2, -0.15) is 18.2 Å². The number of amides is 1. The number of nitrogens with zero attached hydrogens (tertiary/aromatic N) is 4. The number of pyridine rings is 1. The van der Waals surface area contributed by atoms with E-state index in [0.717, 1.165) is 37.3 Å². The van der Waals surface area contributed by atoms with E-state index < -0.39 is 18.2 Å². The van der Waals surface area contributed by atoms with Crippen LogP contribution in [0.25, 0.3) is 11.4 Å². The first-order chi connectivity index (χ1) is 15.4. The fourth-order valence-electron chi connectivity index (χ4n) is 3.27. The molecule has 168 valence electrons. The summed E-state index contributed by atoms with van der Waals surface area (Å²) in [6.07, 6.45) is -0.117. The second-order valence-corrected chi connectivity index (χ2v) is 7.27. The van der Waals surface area contributed by atoms with E-state index >= 15 is 0 Å². The van der Waals surface area contributed by atoms with Gasteiger partial charge in [-0.3, -0.25) is 5.32 Å². The SMILES string of the molecule is O=C(Nc1ccc(-c2noc(C(F)(F)F)n2)cc1)OCc1ccc(N2CCCCC2)nc1. The van der Waals surface area contributed by atoms with E-state index in [1.165, 1.54) is 30.7 Å². The zero-order valence-corrected chi connectivity index (χ0v) is 16.9. The van der Waals surface area contributed by atoms with E-state index in [2.05, 4.69) is 29.9 Å². The van der Waals surface area contributed by atoms with Crippen molar-refractivity contribution in [3.8, 4) is 11.4 Å². The molecule has 0 atom stereocenters. The second-order valence-electron chi connectivity index (χ2n) is 7.27. The van der Waals surface area contributed by atoms with E-state index in [1.807, 2.05) is 12.1 Å². The van der Waals surface area contributed by atoms with Crippen molar-refractivity contribution in [2.45, 2.75) is 32.0 Å². The summed E-state index contributed by atoms with van der Waals surface area (Å²) in [6, 6.07) is 9.71. The van der Waals surface area contributed by atoms with Crippen molar-refractivity contribution in [3.05, 3.63) is 54.0 Å². The van der Waals surface area contributed by atoms with Crippen LogP contribution in [0.2, 0.25) is 0 Å². The molecule has 4 rings (SSSR count). The van der Waals surface area contributed by atoms with Gasteiger partial charge < -0.3 is 14.2 Å². The van der Waals surface area contributed by atoms with Gasteiger partial charge in [0.1, 0.15) is 12.4 Å². The molecule has 0 aliphatic carbocycles. The molecule has 1 N–H and O–H groups in total. The first-order valence-corrected chi connectivity index (χ1v) is 10.0. The minimum Gasteiger partial charge on any atom is -0.444 e. The Morgan fingerprint density at radius 3 is 2.47 bits per heavy atom. The Kier molecular flexibility index (Phi) is 6.24. The van der Waals surface area contributed by atoms with Crippen LogP contribution in [0.1, 0.15) is 30.7 Å². The number of halogens is 3. The maximum absolute atomic E-state index is 12.6. The first kappa shape index (κ1) is 21.6. The predicted octanol–water partition coefficient (Wildman–Crippen LogP) is 4.89. The lowest BCUT2D eigenvalue weighted by Crippen LogP contribution is -2.30. The lowest BCUT2D eigenvalue weighted by atomic mass is 10.1. The van der Waals surface area contributed by atoms with E-state index in [1.54, 1.807) is 6.20 Å². The summed E-state index contributed by atoms with van der Waals surface area (Å²) in [5.74, 6) is -0.703. The van der Waals surface area contributed by atoms with Crippen molar-refractivity contribution in [2.75, 3.05) is 23.3 Å². The van der Waals surface area contributed by atoms with Crippen LogP contribution in [-0.2, 0) is 17.5 Å². The maximum Gasteiger partial charge on any atom is 0.471 e. The van der Waals surface area contributed by atoms with E-state index in [4.69, 9.17) is 4.74 Å². The van der Waals surface area contributed by atoms with Crippen LogP contribution in [-0.4, -0.2) is 34.3 Å². The third-order valence-electron chi connectivity index (χ3n) is 4.92. The number of carbonyl (C=O) groups is 1. The van der Waals surface area contributed by atoms with Crippen molar-refractivity contribution in [2.24, 2.45) is 0 Å². The number of anilines is 2. The van der Waals surface area contributed by atoms with Gasteiger partial charge in [-0.15, -0.1) is 0 Å². The Hall–Kier alpha value is -3.63. The summed E-state index contributed by atoms with van der Waals surface area (Å²) in [5, 5.41) is 5.86. The van der Waals surface area contributed by atoms with Gasteiger partial charge in [0.05, 0.1) is 0 Å². The van der Waals surface area contributed by atoms with Gasteiger partial charge in [-0.25, -0.2) is 9.78 Å². The quantitative estimate of drug-likeness (QED) is 0.595. The predicted molar refractivity (Wildman–Crippen MR) is 109 cm³/mol. The molecule has 3 heterocycles. The van der Waals surface area contributed by atoms with Crippen molar-refractivity contribution >= 4 is 17.6 Å². The summed E-state index contributed by atoms with van der Waals surface area (Å²) < 4.78 is 47.1. The molecule has 3 aromatic rings. The number of nitrogens with one attached hydrogen (secondary N) is 1. The average molecular weight is 447 g/mol. The van der Waals surface area contributed by atoms with Gasteiger partial charge in [-0.05, 0) is 49.6 Å². The van der Waals surface area contributed by atoms with E-state index in [0.29, 0.717) is 11.3 Å². The molecule has 0 spiro atoms. The summed E-state index contributed by atoms with van der Waals surface area (Å²) in [4.78, 5) is 22.0. The minimum atomic E-state index is -4.71. The van der Waals surface area contributed by atoms with Crippen LogP contribution in [0.5, 0.6) is 0 Å². The number of aromatic nitrogens is 3. The Morgan fingerprint density at radius 2 is 1.84 bits per heavy atom. The van der Waals surface area contributed by atoms with Crippen LogP contribution in [0.15, 0.2) is 47.1 Å². The second kappa shape index (κ2) is 9.25. The maximum atomic E-state index is 12.6. The highest BCUT2D eigenvalue weighted by Gasteiger charge is 2.38. The summed E-state index contributed by atoms with van der Waals surface area (Å²) in [6.45, 7) is 2.06. The van der Waals surface area contributed by atoms with Gasteiger partial charge in [-0.1, -0.05) is 11.2 Å². The van der Waals surface area contributed by atoms with Gasteiger partial charge in [0.25, 0.3) is 0 Å². The fraction of sp³-hybridized carbons (Fsp3) is 0.333. The molecule has 1 aliphatic heterocycles. The molecule has 32 heavy (non-hydrogen) atoms. The van der Waals surface area contributed by atoms with E-state index in [9.17, 15) is 18.0 Å². The highest BCUT2D eigenvalue weighted by molar-refractivity contribution is 5.84. The van der Waals surface area contributed by atoms with Crippen molar-refractivity contribution < 1.29 is 27.2 Å². The molecule has 0 bridgehead atoms. The first-order valence-electron chi connectivity index (χ1n) is 10.0. The van der Waals surface area contributed by atoms with Crippen LogP contribution in [0, 0.1) is 0 Å². The Balaban J connectivity index is 1.28. The zero-order chi connectivity index (χ0) is 22.6. The molecule has 0 unspecified atom stereocenters. The Labute approximate surface area is 181 Å². The third-order valence-corrected chi connectivity index (χ3v) is 4.92. The number of carbonyl (C=O) groups excluding carboxylic acids is 1. The molecule has 8 nitrogen and oxygen atoms in total. The van der Waals surface area contributed by atoms with Crippen molar-refractivity contribution in [1.29, 1.82) is 0 Å². The average Bonchev–Trinajstić information content (AvgIpc) is 3.30. The molecular weight excluding hydrogens is 427 g/mol. The molecule has 1 saturated heterocycles. The fourth-order valence-corrected chi connectivity index (χ4v) is 3.27. The number of ether oxygens (including phenoxy) is 1. The molecule has 1 aliphatic rings. The summed E-state index contributed by atoms with van der Waals surface area (Å²) >= 11 is 0. The van der Waals surface area contributed by atoms with Crippen molar-refractivity contribution in [1.82, 2.24) is 15.1 Å². The molecule has 0 radical (unpaired) electrons. The van der Waals surface area contributed by atoms with E-state index in [-0.39, 0.29) is 12.4 Å².